The predicted octanol–water partition coefficient (Wildman–Crippen LogP) is 2.98. The van der Waals surface area contributed by atoms with Crippen molar-refractivity contribution in [2.45, 2.75) is 32.2 Å². The Morgan fingerprint density at radius 3 is 2.95 bits per heavy atom. The first-order valence-corrected chi connectivity index (χ1v) is 8.64. The van der Waals surface area contributed by atoms with Crippen LogP contribution in [0.2, 0.25) is 0 Å². The molecule has 2 aromatic heterocycles. The summed E-state index contributed by atoms with van der Waals surface area (Å²) >= 11 is 1.64. The summed E-state index contributed by atoms with van der Waals surface area (Å²) in [5, 5.41) is 7.22. The van der Waals surface area contributed by atoms with Gasteiger partial charge >= 0.3 is 0 Å². The van der Waals surface area contributed by atoms with E-state index in [-0.39, 0.29) is 11.9 Å². The van der Waals surface area contributed by atoms with E-state index in [1.54, 1.807) is 11.3 Å². The van der Waals surface area contributed by atoms with Crippen molar-refractivity contribution in [3.63, 3.8) is 0 Å². The second-order valence-electron chi connectivity index (χ2n) is 5.85. The number of hydrogen-bond acceptors (Lipinski definition) is 4. The lowest BCUT2D eigenvalue weighted by Crippen LogP contribution is -2.40. The molecule has 1 aliphatic rings. The molecule has 5 heteroatoms. The van der Waals surface area contributed by atoms with Gasteiger partial charge in [-0.1, -0.05) is 6.42 Å². The summed E-state index contributed by atoms with van der Waals surface area (Å²) in [6.07, 6.45) is 3.27. The number of thiophene rings is 1. The number of amides is 1. The SMILES string of the molecule is Cc1nc(-c2ccsc2)ccc1C(=O)NC1CCCC1CN. The van der Waals surface area contributed by atoms with E-state index >= 15 is 0 Å². The van der Waals surface area contributed by atoms with Crippen molar-refractivity contribution < 1.29 is 4.79 Å². The lowest BCUT2D eigenvalue weighted by Gasteiger charge is -2.20. The van der Waals surface area contributed by atoms with Crippen molar-refractivity contribution in [1.82, 2.24) is 10.3 Å². The van der Waals surface area contributed by atoms with Crippen LogP contribution in [0.15, 0.2) is 29.0 Å². The Labute approximate surface area is 134 Å². The molecule has 2 aromatic rings. The van der Waals surface area contributed by atoms with Gasteiger partial charge in [0.25, 0.3) is 5.91 Å². The second kappa shape index (κ2) is 6.58. The van der Waals surface area contributed by atoms with Crippen LogP contribution in [0.5, 0.6) is 0 Å². The molecule has 3 rings (SSSR count). The number of carbonyl (C=O) groups is 1. The Morgan fingerprint density at radius 1 is 1.41 bits per heavy atom. The number of nitrogens with zero attached hydrogens (tertiary/aromatic N) is 1. The van der Waals surface area contributed by atoms with Crippen molar-refractivity contribution >= 4 is 17.2 Å². The van der Waals surface area contributed by atoms with Crippen LogP contribution < -0.4 is 11.1 Å². The zero-order chi connectivity index (χ0) is 15.5. The summed E-state index contributed by atoms with van der Waals surface area (Å²) in [6.45, 7) is 2.53. The fraction of sp³-hybridized carbons (Fsp3) is 0.412. The van der Waals surface area contributed by atoms with Crippen LogP contribution in [0.1, 0.15) is 35.3 Å². The minimum atomic E-state index is -0.0350. The number of hydrogen-bond donors (Lipinski definition) is 2. The van der Waals surface area contributed by atoms with E-state index < -0.39 is 0 Å². The van der Waals surface area contributed by atoms with Gasteiger partial charge in [-0.15, -0.1) is 0 Å². The highest BCUT2D eigenvalue weighted by Crippen LogP contribution is 2.25. The first-order chi connectivity index (χ1) is 10.7. The van der Waals surface area contributed by atoms with E-state index in [0.717, 1.165) is 36.2 Å². The quantitative estimate of drug-likeness (QED) is 0.911. The fourth-order valence-corrected chi connectivity index (χ4v) is 3.78. The molecule has 0 aromatic carbocycles. The van der Waals surface area contributed by atoms with E-state index in [4.69, 9.17) is 5.73 Å². The van der Waals surface area contributed by atoms with E-state index in [1.165, 1.54) is 0 Å². The number of carbonyl (C=O) groups excluding carboxylic acids is 1. The maximum absolute atomic E-state index is 12.5. The van der Waals surface area contributed by atoms with E-state index in [0.29, 0.717) is 18.0 Å². The van der Waals surface area contributed by atoms with Crippen LogP contribution in [-0.2, 0) is 0 Å². The summed E-state index contributed by atoms with van der Waals surface area (Å²) in [4.78, 5) is 17.1. The number of nitrogens with one attached hydrogen (secondary N) is 1. The van der Waals surface area contributed by atoms with Crippen molar-refractivity contribution in [3.8, 4) is 11.3 Å². The fourth-order valence-electron chi connectivity index (χ4n) is 3.13. The molecule has 1 aliphatic carbocycles. The van der Waals surface area contributed by atoms with Crippen LogP contribution >= 0.6 is 11.3 Å². The molecule has 0 radical (unpaired) electrons. The minimum Gasteiger partial charge on any atom is -0.349 e. The Balaban J connectivity index is 1.75. The average molecular weight is 315 g/mol. The molecule has 22 heavy (non-hydrogen) atoms. The molecule has 2 atom stereocenters. The molecule has 116 valence electrons. The van der Waals surface area contributed by atoms with Gasteiger partial charge in [-0.3, -0.25) is 9.78 Å². The van der Waals surface area contributed by atoms with Crippen LogP contribution in [0.3, 0.4) is 0 Å². The number of aromatic nitrogens is 1. The van der Waals surface area contributed by atoms with Gasteiger partial charge in [0.05, 0.1) is 17.0 Å². The molecular weight excluding hydrogens is 294 g/mol. The van der Waals surface area contributed by atoms with Gasteiger partial charge in [-0.25, -0.2) is 0 Å². The van der Waals surface area contributed by atoms with E-state index in [9.17, 15) is 4.79 Å². The number of pyridine rings is 1. The molecule has 4 nitrogen and oxygen atoms in total. The number of aryl methyl sites for hydroxylation is 1. The molecule has 0 aliphatic heterocycles. The highest BCUT2D eigenvalue weighted by Gasteiger charge is 2.28. The van der Waals surface area contributed by atoms with E-state index in [2.05, 4.69) is 15.7 Å². The maximum atomic E-state index is 12.5. The summed E-state index contributed by atoms with van der Waals surface area (Å²) < 4.78 is 0. The van der Waals surface area contributed by atoms with Crippen molar-refractivity contribution in [1.29, 1.82) is 0 Å². The lowest BCUT2D eigenvalue weighted by molar-refractivity contribution is 0.0928. The molecule has 1 saturated carbocycles. The smallest absolute Gasteiger partial charge is 0.253 e. The highest BCUT2D eigenvalue weighted by atomic mass is 32.1. The zero-order valence-electron chi connectivity index (χ0n) is 12.7. The summed E-state index contributed by atoms with van der Waals surface area (Å²) in [7, 11) is 0. The lowest BCUT2D eigenvalue weighted by atomic mass is 10.0. The Bertz CT molecular complexity index is 654. The topological polar surface area (TPSA) is 68.0 Å². The molecule has 0 spiro atoms. The summed E-state index contributed by atoms with van der Waals surface area (Å²) in [6, 6.07) is 6.03. The van der Waals surface area contributed by atoms with Crippen LogP contribution in [0, 0.1) is 12.8 Å². The van der Waals surface area contributed by atoms with Crippen molar-refractivity contribution in [3.05, 3.63) is 40.2 Å². The number of rotatable bonds is 4. The highest BCUT2D eigenvalue weighted by molar-refractivity contribution is 7.08. The molecule has 0 saturated heterocycles. The first-order valence-electron chi connectivity index (χ1n) is 7.70. The first kappa shape index (κ1) is 15.2. The summed E-state index contributed by atoms with van der Waals surface area (Å²) in [5.41, 5.74) is 9.21. The molecule has 0 bridgehead atoms. The van der Waals surface area contributed by atoms with Gasteiger partial charge in [0.1, 0.15) is 0 Å². The van der Waals surface area contributed by atoms with Gasteiger partial charge in [0.15, 0.2) is 0 Å². The Hall–Kier alpha value is -1.72. The monoisotopic (exact) mass is 315 g/mol. The van der Waals surface area contributed by atoms with Crippen molar-refractivity contribution in [2.75, 3.05) is 6.54 Å². The van der Waals surface area contributed by atoms with Gasteiger partial charge < -0.3 is 11.1 Å². The standard InChI is InChI=1S/C17H21N3OS/c1-11-14(5-6-16(19-11)13-7-8-22-10-13)17(21)20-15-4-2-3-12(15)9-18/h5-8,10,12,15H,2-4,9,18H2,1H3,(H,20,21). The summed E-state index contributed by atoms with van der Waals surface area (Å²) in [5.74, 6) is 0.370. The predicted molar refractivity (Wildman–Crippen MR) is 89.9 cm³/mol. The maximum Gasteiger partial charge on any atom is 0.253 e. The molecule has 2 heterocycles. The van der Waals surface area contributed by atoms with Gasteiger partial charge in [-0.05, 0) is 55.8 Å². The molecule has 2 unspecified atom stereocenters. The van der Waals surface area contributed by atoms with Crippen LogP contribution in [0.4, 0.5) is 0 Å². The van der Waals surface area contributed by atoms with Crippen LogP contribution in [-0.4, -0.2) is 23.5 Å². The normalized spacial score (nSPS) is 21.0. The van der Waals surface area contributed by atoms with Crippen LogP contribution in [0.25, 0.3) is 11.3 Å². The van der Waals surface area contributed by atoms with Gasteiger partial charge in [0.2, 0.25) is 0 Å². The van der Waals surface area contributed by atoms with E-state index in [1.807, 2.05) is 30.5 Å². The molecule has 1 fully saturated rings. The Morgan fingerprint density at radius 2 is 2.27 bits per heavy atom. The second-order valence-corrected chi connectivity index (χ2v) is 6.63. The third-order valence-corrected chi connectivity index (χ3v) is 5.11. The van der Waals surface area contributed by atoms with Gasteiger partial charge in [0, 0.05) is 17.0 Å². The average Bonchev–Trinajstić information content (AvgIpc) is 3.18. The Kier molecular flexibility index (Phi) is 4.55. The largest absolute Gasteiger partial charge is 0.349 e. The third-order valence-electron chi connectivity index (χ3n) is 4.43. The van der Waals surface area contributed by atoms with Crippen molar-refractivity contribution in [2.24, 2.45) is 11.7 Å². The molecule has 1 amide bonds. The van der Waals surface area contributed by atoms with Gasteiger partial charge in [-0.2, -0.15) is 11.3 Å². The zero-order valence-corrected chi connectivity index (χ0v) is 13.5. The minimum absolute atomic E-state index is 0.0350. The number of nitrogens with two attached hydrogens (primary N) is 1. The molecular formula is C17H21N3OS. The molecule has 3 N–H and O–H groups in total. The third kappa shape index (κ3) is 3.05.